The summed E-state index contributed by atoms with van der Waals surface area (Å²) in [6.07, 6.45) is 0.590. The molecule has 0 spiro atoms. The maximum atomic E-state index is 12.3. The van der Waals surface area contributed by atoms with Crippen LogP contribution >= 0.6 is 11.6 Å². The zero-order chi connectivity index (χ0) is 20.5. The number of rotatable bonds is 4. The SMILES string of the molecule is CCOc1ccc2cc(C3CC(c4cccc(C)c4)=NN3C(C)=O)c(Cl)nc2c1. The minimum atomic E-state index is -0.279. The largest absolute Gasteiger partial charge is 0.494 e. The predicted octanol–water partition coefficient (Wildman–Crippen LogP) is 5.29. The second kappa shape index (κ2) is 7.84. The summed E-state index contributed by atoms with van der Waals surface area (Å²) in [4.78, 5) is 16.9. The number of nitrogens with zero attached hydrogens (tertiary/aromatic N) is 3. The molecule has 1 atom stereocenters. The number of aromatic nitrogens is 1. The van der Waals surface area contributed by atoms with Gasteiger partial charge in [0.15, 0.2) is 0 Å². The van der Waals surface area contributed by atoms with Crippen LogP contribution in [-0.4, -0.2) is 28.2 Å². The summed E-state index contributed by atoms with van der Waals surface area (Å²) in [6, 6.07) is 15.6. The molecule has 0 N–H and O–H groups in total. The summed E-state index contributed by atoms with van der Waals surface area (Å²) in [6.45, 7) is 6.09. The zero-order valence-corrected chi connectivity index (χ0v) is 17.4. The Labute approximate surface area is 175 Å². The normalized spacial score (nSPS) is 16.2. The molecule has 29 heavy (non-hydrogen) atoms. The number of amides is 1. The highest BCUT2D eigenvalue weighted by molar-refractivity contribution is 6.30. The number of carbonyl (C=O) groups excluding carboxylic acids is 1. The lowest BCUT2D eigenvalue weighted by molar-refractivity contribution is -0.130. The molecule has 0 radical (unpaired) electrons. The number of aryl methyl sites for hydroxylation is 1. The number of pyridine rings is 1. The van der Waals surface area contributed by atoms with Crippen molar-refractivity contribution in [3.05, 3.63) is 70.4 Å². The summed E-state index contributed by atoms with van der Waals surface area (Å²) in [7, 11) is 0. The second-order valence-corrected chi connectivity index (χ2v) is 7.51. The van der Waals surface area contributed by atoms with Gasteiger partial charge >= 0.3 is 0 Å². The fourth-order valence-electron chi connectivity index (χ4n) is 3.67. The molecule has 6 heteroatoms. The van der Waals surface area contributed by atoms with Crippen molar-refractivity contribution < 1.29 is 9.53 Å². The average Bonchev–Trinajstić information content (AvgIpc) is 3.13. The van der Waals surface area contributed by atoms with E-state index in [2.05, 4.69) is 16.2 Å². The van der Waals surface area contributed by atoms with E-state index >= 15 is 0 Å². The lowest BCUT2D eigenvalue weighted by Crippen LogP contribution is -2.24. The first kappa shape index (κ1) is 19.4. The molecule has 4 rings (SSSR count). The van der Waals surface area contributed by atoms with Gasteiger partial charge in [0.1, 0.15) is 10.9 Å². The van der Waals surface area contributed by atoms with Crippen LogP contribution in [0.4, 0.5) is 0 Å². The van der Waals surface area contributed by atoms with Crippen molar-refractivity contribution in [3.63, 3.8) is 0 Å². The summed E-state index contributed by atoms with van der Waals surface area (Å²) in [5.41, 5.74) is 4.60. The summed E-state index contributed by atoms with van der Waals surface area (Å²) < 4.78 is 5.55. The monoisotopic (exact) mass is 407 g/mol. The van der Waals surface area contributed by atoms with Crippen LogP contribution in [0.15, 0.2) is 53.6 Å². The standard InChI is InChI=1S/C23H22ClN3O2/c1-4-29-18-9-8-17-11-19(23(24)25-20(17)12-18)22-13-21(26-27(22)15(3)28)16-7-5-6-14(2)10-16/h5-12,22H,4,13H2,1-3H3. The number of carbonyl (C=O) groups is 1. The van der Waals surface area contributed by atoms with Crippen LogP contribution in [-0.2, 0) is 4.79 Å². The van der Waals surface area contributed by atoms with E-state index in [4.69, 9.17) is 16.3 Å². The summed E-state index contributed by atoms with van der Waals surface area (Å²) in [5, 5.41) is 7.45. The number of ether oxygens (including phenoxy) is 1. The van der Waals surface area contributed by atoms with Gasteiger partial charge in [-0.15, -0.1) is 0 Å². The van der Waals surface area contributed by atoms with Gasteiger partial charge in [-0.3, -0.25) is 4.79 Å². The Hall–Kier alpha value is -2.92. The van der Waals surface area contributed by atoms with Gasteiger partial charge in [-0.05, 0) is 37.6 Å². The zero-order valence-electron chi connectivity index (χ0n) is 16.6. The molecule has 0 bridgehead atoms. The molecule has 1 aliphatic heterocycles. The van der Waals surface area contributed by atoms with E-state index in [1.54, 1.807) is 0 Å². The summed E-state index contributed by atoms with van der Waals surface area (Å²) >= 11 is 6.56. The second-order valence-electron chi connectivity index (χ2n) is 7.16. The topological polar surface area (TPSA) is 54.8 Å². The third kappa shape index (κ3) is 3.83. The number of hydrogen-bond acceptors (Lipinski definition) is 4. The predicted molar refractivity (Wildman–Crippen MR) is 116 cm³/mol. The van der Waals surface area contributed by atoms with E-state index in [1.165, 1.54) is 11.9 Å². The van der Waals surface area contributed by atoms with Gasteiger partial charge in [-0.1, -0.05) is 41.4 Å². The number of benzene rings is 2. The average molecular weight is 408 g/mol. The fraction of sp³-hybridized carbons (Fsp3) is 0.261. The Kier molecular flexibility index (Phi) is 5.24. The van der Waals surface area contributed by atoms with Gasteiger partial charge in [0.05, 0.1) is 23.9 Å². The van der Waals surface area contributed by atoms with Crippen LogP contribution in [0.3, 0.4) is 0 Å². The molecule has 1 unspecified atom stereocenters. The molecule has 1 aromatic heterocycles. The van der Waals surface area contributed by atoms with Gasteiger partial charge in [0.25, 0.3) is 0 Å². The molecule has 0 saturated carbocycles. The first-order valence-corrected chi connectivity index (χ1v) is 10.0. The smallest absolute Gasteiger partial charge is 0.240 e. The molecule has 0 fully saturated rings. The molecule has 0 saturated heterocycles. The van der Waals surface area contributed by atoms with Crippen LogP contribution in [0.1, 0.15) is 43.0 Å². The minimum absolute atomic E-state index is 0.125. The molecule has 2 aromatic carbocycles. The highest BCUT2D eigenvalue weighted by Crippen LogP contribution is 2.37. The molecular weight excluding hydrogens is 386 g/mol. The molecule has 0 aliphatic carbocycles. The highest BCUT2D eigenvalue weighted by atomic mass is 35.5. The number of fused-ring (bicyclic) bond motifs is 1. The van der Waals surface area contributed by atoms with Gasteiger partial charge in [0, 0.05) is 30.4 Å². The molecule has 3 aromatic rings. The van der Waals surface area contributed by atoms with Gasteiger partial charge < -0.3 is 4.74 Å². The van der Waals surface area contributed by atoms with E-state index in [9.17, 15) is 4.79 Å². The van der Waals surface area contributed by atoms with E-state index in [1.807, 2.05) is 56.3 Å². The van der Waals surface area contributed by atoms with Crippen molar-refractivity contribution in [2.45, 2.75) is 33.2 Å². The Morgan fingerprint density at radius 2 is 2.07 bits per heavy atom. The Morgan fingerprint density at radius 1 is 1.24 bits per heavy atom. The van der Waals surface area contributed by atoms with Crippen LogP contribution in [0.2, 0.25) is 5.15 Å². The lowest BCUT2D eigenvalue weighted by atomic mass is 9.97. The van der Waals surface area contributed by atoms with Crippen molar-refractivity contribution in [2.24, 2.45) is 5.10 Å². The first-order chi connectivity index (χ1) is 14.0. The molecule has 148 valence electrons. The van der Waals surface area contributed by atoms with Gasteiger partial charge in [-0.25, -0.2) is 9.99 Å². The van der Waals surface area contributed by atoms with Gasteiger partial charge in [0.2, 0.25) is 5.91 Å². The Balaban J connectivity index is 1.73. The third-order valence-corrected chi connectivity index (χ3v) is 5.33. The minimum Gasteiger partial charge on any atom is -0.494 e. The lowest BCUT2D eigenvalue weighted by Gasteiger charge is -2.21. The van der Waals surface area contributed by atoms with E-state index < -0.39 is 0 Å². The Morgan fingerprint density at radius 3 is 2.79 bits per heavy atom. The molecular formula is C23H22ClN3O2. The fourth-order valence-corrected chi connectivity index (χ4v) is 3.94. The number of hydrazone groups is 1. The number of hydrogen-bond donors (Lipinski definition) is 0. The first-order valence-electron chi connectivity index (χ1n) is 9.63. The summed E-state index contributed by atoms with van der Waals surface area (Å²) in [5.74, 6) is 0.633. The van der Waals surface area contributed by atoms with Crippen molar-refractivity contribution in [1.82, 2.24) is 9.99 Å². The maximum Gasteiger partial charge on any atom is 0.240 e. The van der Waals surface area contributed by atoms with Crippen LogP contribution < -0.4 is 4.74 Å². The van der Waals surface area contributed by atoms with E-state index in [0.717, 1.165) is 39.1 Å². The number of halogens is 1. The van der Waals surface area contributed by atoms with Crippen LogP contribution in [0.5, 0.6) is 5.75 Å². The van der Waals surface area contributed by atoms with Crippen molar-refractivity contribution >= 4 is 34.1 Å². The molecule has 2 heterocycles. The Bertz CT molecular complexity index is 1130. The quantitative estimate of drug-likeness (QED) is 0.552. The molecule has 1 amide bonds. The molecule has 1 aliphatic rings. The van der Waals surface area contributed by atoms with E-state index in [-0.39, 0.29) is 11.9 Å². The third-order valence-electron chi connectivity index (χ3n) is 5.02. The van der Waals surface area contributed by atoms with E-state index in [0.29, 0.717) is 18.2 Å². The van der Waals surface area contributed by atoms with Gasteiger partial charge in [-0.2, -0.15) is 5.10 Å². The van der Waals surface area contributed by atoms with Crippen molar-refractivity contribution in [1.29, 1.82) is 0 Å². The van der Waals surface area contributed by atoms with Crippen molar-refractivity contribution in [2.75, 3.05) is 6.61 Å². The van der Waals surface area contributed by atoms with Crippen molar-refractivity contribution in [3.8, 4) is 5.75 Å². The molecule has 5 nitrogen and oxygen atoms in total. The van der Waals surface area contributed by atoms with Crippen LogP contribution in [0.25, 0.3) is 10.9 Å². The maximum absolute atomic E-state index is 12.3. The highest BCUT2D eigenvalue weighted by Gasteiger charge is 2.33. The van der Waals surface area contributed by atoms with Crippen LogP contribution in [0, 0.1) is 6.92 Å².